The van der Waals surface area contributed by atoms with E-state index in [0.717, 1.165) is 17.5 Å². The van der Waals surface area contributed by atoms with Gasteiger partial charge < -0.3 is 0 Å². The van der Waals surface area contributed by atoms with Gasteiger partial charge in [-0.25, -0.2) is 0 Å². The number of allylic oxidation sites excluding steroid dienone is 1. The molecule has 0 aromatic heterocycles. The highest BCUT2D eigenvalue weighted by molar-refractivity contribution is 5.59. The van der Waals surface area contributed by atoms with Crippen LogP contribution in [0.5, 0.6) is 0 Å². The van der Waals surface area contributed by atoms with Crippen LogP contribution in [-0.4, -0.2) is 4.92 Å². The number of non-ortho nitro benzene ring substituents is 1. The highest BCUT2D eigenvalue weighted by Crippen LogP contribution is 2.29. The fourth-order valence-electron chi connectivity index (χ4n) is 1.73. The molecule has 0 amide bonds. The van der Waals surface area contributed by atoms with Crippen LogP contribution in [-0.2, 0) is 5.41 Å². The molecule has 1 aromatic carbocycles. The molecule has 3 nitrogen and oxygen atoms in total. The van der Waals surface area contributed by atoms with Crippen molar-refractivity contribution in [2.45, 2.75) is 39.5 Å². The highest BCUT2D eigenvalue weighted by atomic mass is 16.6. The Kier molecular flexibility index (Phi) is 4.05. The van der Waals surface area contributed by atoms with Crippen LogP contribution in [0, 0.1) is 10.1 Å². The van der Waals surface area contributed by atoms with E-state index in [-0.39, 0.29) is 16.0 Å². The lowest BCUT2D eigenvalue weighted by Crippen LogP contribution is -2.13. The van der Waals surface area contributed by atoms with Crippen molar-refractivity contribution < 1.29 is 4.92 Å². The smallest absolute Gasteiger partial charge is 0.258 e. The Morgan fingerprint density at radius 3 is 2.47 bits per heavy atom. The lowest BCUT2D eigenvalue weighted by Gasteiger charge is -2.21. The third kappa shape index (κ3) is 3.41. The normalized spacial score (nSPS) is 12.0. The van der Waals surface area contributed by atoms with Crippen LogP contribution in [0.15, 0.2) is 24.3 Å². The fourth-order valence-corrected chi connectivity index (χ4v) is 1.73. The molecule has 0 aliphatic heterocycles. The summed E-state index contributed by atoms with van der Waals surface area (Å²) in [6, 6.07) is 5.07. The lowest BCUT2D eigenvalue weighted by atomic mass is 9.83. The van der Waals surface area contributed by atoms with Crippen molar-refractivity contribution in [1.82, 2.24) is 0 Å². The van der Waals surface area contributed by atoms with Gasteiger partial charge in [-0.1, -0.05) is 45.9 Å². The van der Waals surface area contributed by atoms with Gasteiger partial charge in [0, 0.05) is 12.1 Å². The monoisotopic (exact) mass is 233 g/mol. The summed E-state index contributed by atoms with van der Waals surface area (Å²) in [4.78, 5) is 10.4. The summed E-state index contributed by atoms with van der Waals surface area (Å²) in [5.74, 6) is 0. The molecule has 0 atom stereocenters. The zero-order valence-electron chi connectivity index (χ0n) is 10.9. The molecule has 0 spiro atoms. The minimum Gasteiger partial charge on any atom is -0.258 e. The van der Waals surface area contributed by atoms with Crippen LogP contribution >= 0.6 is 0 Å². The predicted molar refractivity (Wildman–Crippen MR) is 71.1 cm³/mol. The Morgan fingerprint density at radius 1 is 1.35 bits per heavy atom. The van der Waals surface area contributed by atoms with E-state index in [1.165, 1.54) is 0 Å². The van der Waals surface area contributed by atoms with Gasteiger partial charge >= 0.3 is 0 Å². The van der Waals surface area contributed by atoms with E-state index in [9.17, 15) is 10.1 Å². The van der Waals surface area contributed by atoms with Gasteiger partial charge in [0.2, 0.25) is 0 Å². The predicted octanol–water partition coefficient (Wildman–Crippen LogP) is 4.32. The van der Waals surface area contributed by atoms with Gasteiger partial charge in [-0.3, -0.25) is 10.1 Å². The van der Waals surface area contributed by atoms with Crippen molar-refractivity contribution in [1.29, 1.82) is 0 Å². The molecule has 0 unspecified atom stereocenters. The molecule has 92 valence electrons. The molecule has 17 heavy (non-hydrogen) atoms. The molecular weight excluding hydrogens is 214 g/mol. The Morgan fingerprint density at radius 2 is 2.00 bits per heavy atom. The maximum atomic E-state index is 10.8. The number of nitro benzene ring substituents is 1. The SMILES string of the molecule is CCC=Cc1cc([N+](=O)[O-])ccc1C(C)(C)C. The van der Waals surface area contributed by atoms with Gasteiger partial charge in [0.05, 0.1) is 4.92 Å². The van der Waals surface area contributed by atoms with Gasteiger partial charge in [-0.2, -0.15) is 0 Å². The molecule has 1 rings (SSSR count). The van der Waals surface area contributed by atoms with Crippen molar-refractivity contribution >= 4 is 11.8 Å². The molecule has 1 aromatic rings. The van der Waals surface area contributed by atoms with Gasteiger partial charge in [-0.15, -0.1) is 0 Å². The van der Waals surface area contributed by atoms with E-state index in [0.29, 0.717) is 0 Å². The third-order valence-corrected chi connectivity index (χ3v) is 2.59. The molecule has 0 N–H and O–H groups in total. The van der Waals surface area contributed by atoms with Crippen LogP contribution in [0.3, 0.4) is 0 Å². The van der Waals surface area contributed by atoms with Crippen molar-refractivity contribution in [3.63, 3.8) is 0 Å². The number of nitrogens with zero attached hydrogens (tertiary/aromatic N) is 1. The first-order valence-electron chi connectivity index (χ1n) is 5.81. The van der Waals surface area contributed by atoms with E-state index in [2.05, 4.69) is 20.8 Å². The molecule has 0 fully saturated rings. The first-order chi connectivity index (χ1) is 7.86. The molecule has 0 aliphatic rings. The molecule has 0 saturated carbocycles. The number of benzene rings is 1. The quantitative estimate of drug-likeness (QED) is 0.576. The fraction of sp³-hybridized carbons (Fsp3) is 0.429. The van der Waals surface area contributed by atoms with Crippen molar-refractivity contribution in [3.8, 4) is 0 Å². The van der Waals surface area contributed by atoms with E-state index in [4.69, 9.17) is 0 Å². The second kappa shape index (κ2) is 5.13. The Bertz CT molecular complexity index is 442. The van der Waals surface area contributed by atoms with Crippen molar-refractivity contribution in [3.05, 3.63) is 45.5 Å². The largest absolute Gasteiger partial charge is 0.270 e. The minimum absolute atomic E-state index is 0.0114. The van der Waals surface area contributed by atoms with Crippen LogP contribution in [0.25, 0.3) is 6.08 Å². The molecule has 0 aliphatic carbocycles. The van der Waals surface area contributed by atoms with Crippen LogP contribution < -0.4 is 0 Å². The highest BCUT2D eigenvalue weighted by Gasteiger charge is 2.19. The summed E-state index contributed by atoms with van der Waals surface area (Å²) in [5, 5.41) is 10.8. The molecular formula is C14H19NO2. The first-order valence-corrected chi connectivity index (χ1v) is 5.81. The van der Waals surface area contributed by atoms with Crippen molar-refractivity contribution in [2.24, 2.45) is 0 Å². The maximum Gasteiger partial charge on any atom is 0.270 e. The lowest BCUT2D eigenvalue weighted by molar-refractivity contribution is -0.384. The van der Waals surface area contributed by atoms with E-state index in [1.807, 2.05) is 25.1 Å². The zero-order valence-corrected chi connectivity index (χ0v) is 10.9. The average molecular weight is 233 g/mol. The summed E-state index contributed by atoms with van der Waals surface area (Å²) in [6.07, 6.45) is 4.91. The molecule has 0 heterocycles. The van der Waals surface area contributed by atoms with Crippen LogP contribution in [0.4, 0.5) is 5.69 Å². The number of hydrogen-bond acceptors (Lipinski definition) is 2. The first kappa shape index (κ1) is 13.4. The van der Waals surface area contributed by atoms with Gasteiger partial charge in [-0.05, 0) is 23.0 Å². The second-order valence-corrected chi connectivity index (χ2v) is 5.09. The maximum absolute atomic E-state index is 10.8. The molecule has 0 radical (unpaired) electrons. The van der Waals surface area contributed by atoms with Gasteiger partial charge in [0.1, 0.15) is 0 Å². The third-order valence-electron chi connectivity index (χ3n) is 2.59. The average Bonchev–Trinajstić information content (AvgIpc) is 2.24. The summed E-state index contributed by atoms with van der Waals surface area (Å²) in [5.41, 5.74) is 2.21. The summed E-state index contributed by atoms with van der Waals surface area (Å²) in [6.45, 7) is 8.37. The summed E-state index contributed by atoms with van der Waals surface area (Å²) < 4.78 is 0. The second-order valence-electron chi connectivity index (χ2n) is 5.09. The molecule has 3 heteroatoms. The minimum atomic E-state index is -0.351. The molecule has 0 bridgehead atoms. The van der Waals surface area contributed by atoms with Crippen molar-refractivity contribution in [2.75, 3.05) is 0 Å². The molecule has 0 saturated heterocycles. The zero-order chi connectivity index (χ0) is 13.1. The number of nitro groups is 1. The Hall–Kier alpha value is -1.64. The van der Waals surface area contributed by atoms with E-state index < -0.39 is 0 Å². The van der Waals surface area contributed by atoms with E-state index in [1.54, 1.807) is 12.1 Å². The van der Waals surface area contributed by atoms with Crippen LogP contribution in [0.2, 0.25) is 0 Å². The summed E-state index contributed by atoms with van der Waals surface area (Å²) in [7, 11) is 0. The summed E-state index contributed by atoms with van der Waals surface area (Å²) >= 11 is 0. The Balaban J connectivity index is 3.31. The standard InChI is InChI=1S/C14H19NO2/c1-5-6-7-11-10-12(15(16)17)8-9-13(11)14(2,3)4/h6-10H,5H2,1-4H3. The number of rotatable bonds is 3. The van der Waals surface area contributed by atoms with E-state index >= 15 is 0 Å². The Labute approximate surface area is 102 Å². The van der Waals surface area contributed by atoms with Crippen LogP contribution in [0.1, 0.15) is 45.2 Å². The van der Waals surface area contributed by atoms with Gasteiger partial charge in [0.25, 0.3) is 5.69 Å². The number of hydrogen-bond donors (Lipinski definition) is 0. The van der Waals surface area contributed by atoms with Gasteiger partial charge in [0.15, 0.2) is 0 Å². The topological polar surface area (TPSA) is 43.1 Å².